The molecule has 1 unspecified atom stereocenters. The summed E-state index contributed by atoms with van der Waals surface area (Å²) in [5.74, 6) is 0.158. The van der Waals surface area contributed by atoms with Crippen LogP contribution in [0.3, 0.4) is 0 Å². The zero-order valence-corrected chi connectivity index (χ0v) is 13.0. The van der Waals surface area contributed by atoms with Gasteiger partial charge in [-0.2, -0.15) is 0 Å². The lowest BCUT2D eigenvalue weighted by molar-refractivity contribution is -0.119. The molecule has 1 aromatic rings. The van der Waals surface area contributed by atoms with E-state index in [1.54, 1.807) is 18.2 Å². The van der Waals surface area contributed by atoms with Crippen LogP contribution in [-0.2, 0) is 15.6 Å². The van der Waals surface area contributed by atoms with E-state index in [4.69, 9.17) is 10.5 Å². The molecule has 0 aromatic heterocycles. The standard InChI is InChI=1S/C14H22N2O3S/c1-4-11(5-2)16-14(17)9-20(18)13-7-6-10(15)8-12(13)19-3/h6-8,11H,4-5,9,15H2,1-3H3,(H,16,17). The molecule has 20 heavy (non-hydrogen) atoms. The Kier molecular flexibility index (Phi) is 6.51. The van der Waals surface area contributed by atoms with Crippen LogP contribution in [0, 0.1) is 0 Å². The molecule has 5 nitrogen and oxygen atoms in total. The third-order valence-corrected chi connectivity index (χ3v) is 4.40. The molecule has 0 aliphatic carbocycles. The maximum absolute atomic E-state index is 12.2. The molecule has 0 aliphatic heterocycles. The Bertz CT molecular complexity index is 487. The first kappa shape index (κ1) is 16.5. The molecule has 112 valence electrons. The Morgan fingerprint density at radius 2 is 2.05 bits per heavy atom. The predicted octanol–water partition coefficient (Wildman–Crippen LogP) is 1.69. The topological polar surface area (TPSA) is 81.4 Å². The van der Waals surface area contributed by atoms with Crippen LogP contribution < -0.4 is 15.8 Å². The highest BCUT2D eigenvalue weighted by atomic mass is 32.2. The summed E-state index contributed by atoms with van der Waals surface area (Å²) in [6, 6.07) is 5.02. The van der Waals surface area contributed by atoms with Gasteiger partial charge in [0.25, 0.3) is 0 Å². The molecule has 0 saturated carbocycles. The van der Waals surface area contributed by atoms with Gasteiger partial charge in [-0.25, -0.2) is 0 Å². The second kappa shape index (κ2) is 7.89. The van der Waals surface area contributed by atoms with Crippen molar-refractivity contribution in [2.45, 2.75) is 37.6 Å². The van der Waals surface area contributed by atoms with E-state index in [0.717, 1.165) is 12.8 Å². The summed E-state index contributed by atoms with van der Waals surface area (Å²) >= 11 is 0. The van der Waals surface area contributed by atoms with E-state index in [2.05, 4.69) is 5.32 Å². The lowest BCUT2D eigenvalue weighted by Crippen LogP contribution is -2.36. The molecule has 0 fully saturated rings. The van der Waals surface area contributed by atoms with Crippen molar-refractivity contribution in [3.63, 3.8) is 0 Å². The van der Waals surface area contributed by atoms with E-state index in [-0.39, 0.29) is 17.7 Å². The molecule has 0 spiro atoms. The summed E-state index contributed by atoms with van der Waals surface area (Å²) in [4.78, 5) is 12.3. The Morgan fingerprint density at radius 1 is 1.40 bits per heavy atom. The lowest BCUT2D eigenvalue weighted by atomic mass is 10.2. The summed E-state index contributed by atoms with van der Waals surface area (Å²) in [6.07, 6.45) is 1.72. The highest BCUT2D eigenvalue weighted by Gasteiger charge is 2.16. The van der Waals surface area contributed by atoms with E-state index < -0.39 is 10.8 Å². The molecule has 0 radical (unpaired) electrons. The first-order valence-electron chi connectivity index (χ1n) is 6.63. The van der Waals surface area contributed by atoms with Crippen molar-refractivity contribution in [3.8, 4) is 5.75 Å². The number of nitrogens with two attached hydrogens (primary N) is 1. The molecule has 0 saturated heterocycles. The highest BCUT2D eigenvalue weighted by molar-refractivity contribution is 7.85. The van der Waals surface area contributed by atoms with Gasteiger partial charge in [-0.05, 0) is 25.0 Å². The van der Waals surface area contributed by atoms with Crippen LogP contribution in [0.4, 0.5) is 5.69 Å². The van der Waals surface area contributed by atoms with Crippen LogP contribution in [0.2, 0.25) is 0 Å². The molecule has 6 heteroatoms. The summed E-state index contributed by atoms with van der Waals surface area (Å²) < 4.78 is 17.4. The SMILES string of the molecule is CCC(CC)NC(=O)CS(=O)c1ccc(N)cc1OC. The van der Waals surface area contributed by atoms with Crippen LogP contribution in [0.25, 0.3) is 0 Å². The Balaban J connectivity index is 2.74. The number of amides is 1. The summed E-state index contributed by atoms with van der Waals surface area (Å²) in [6.45, 7) is 4.02. The minimum absolute atomic E-state index is 0.0726. The second-order valence-electron chi connectivity index (χ2n) is 4.48. The predicted molar refractivity (Wildman–Crippen MR) is 81.2 cm³/mol. The van der Waals surface area contributed by atoms with Crippen molar-refractivity contribution in [2.75, 3.05) is 18.6 Å². The van der Waals surface area contributed by atoms with E-state index in [1.165, 1.54) is 7.11 Å². The minimum Gasteiger partial charge on any atom is -0.495 e. The third-order valence-electron chi connectivity index (χ3n) is 3.05. The normalized spacial score (nSPS) is 12.2. The van der Waals surface area contributed by atoms with Crippen LogP contribution in [0.1, 0.15) is 26.7 Å². The van der Waals surface area contributed by atoms with E-state index in [9.17, 15) is 9.00 Å². The van der Waals surface area contributed by atoms with Gasteiger partial charge in [0.15, 0.2) is 0 Å². The van der Waals surface area contributed by atoms with Crippen molar-refractivity contribution in [2.24, 2.45) is 0 Å². The molecular weight excluding hydrogens is 276 g/mol. The number of anilines is 1. The molecule has 0 heterocycles. The minimum atomic E-state index is -1.45. The van der Waals surface area contributed by atoms with Gasteiger partial charge >= 0.3 is 0 Å². The van der Waals surface area contributed by atoms with E-state index in [1.807, 2.05) is 13.8 Å². The quantitative estimate of drug-likeness (QED) is 0.751. The average molecular weight is 298 g/mol. The number of rotatable bonds is 7. The number of ether oxygens (including phenoxy) is 1. The monoisotopic (exact) mass is 298 g/mol. The lowest BCUT2D eigenvalue weighted by Gasteiger charge is -2.15. The van der Waals surface area contributed by atoms with Crippen molar-refractivity contribution in [3.05, 3.63) is 18.2 Å². The van der Waals surface area contributed by atoms with Crippen LogP contribution in [0.15, 0.2) is 23.1 Å². The molecule has 3 N–H and O–H groups in total. The fourth-order valence-electron chi connectivity index (χ4n) is 1.83. The fraction of sp³-hybridized carbons (Fsp3) is 0.500. The van der Waals surface area contributed by atoms with E-state index >= 15 is 0 Å². The fourth-order valence-corrected chi connectivity index (χ4v) is 2.89. The zero-order chi connectivity index (χ0) is 15.1. The maximum atomic E-state index is 12.2. The Hall–Kier alpha value is -1.56. The average Bonchev–Trinajstić information content (AvgIpc) is 2.44. The molecule has 1 amide bonds. The van der Waals surface area contributed by atoms with Crippen molar-refractivity contribution in [1.82, 2.24) is 5.32 Å². The van der Waals surface area contributed by atoms with Crippen molar-refractivity contribution in [1.29, 1.82) is 0 Å². The van der Waals surface area contributed by atoms with Gasteiger partial charge < -0.3 is 15.8 Å². The first-order valence-corrected chi connectivity index (χ1v) is 7.94. The van der Waals surface area contributed by atoms with Crippen molar-refractivity contribution < 1.29 is 13.7 Å². The number of hydrogen-bond donors (Lipinski definition) is 2. The van der Waals surface area contributed by atoms with Gasteiger partial charge in [0.05, 0.1) is 22.8 Å². The van der Waals surface area contributed by atoms with Gasteiger partial charge in [0.2, 0.25) is 5.91 Å². The molecule has 1 atom stereocenters. The number of hydrogen-bond acceptors (Lipinski definition) is 4. The van der Waals surface area contributed by atoms with Crippen LogP contribution >= 0.6 is 0 Å². The first-order chi connectivity index (χ1) is 9.51. The second-order valence-corrected chi connectivity index (χ2v) is 5.90. The smallest absolute Gasteiger partial charge is 0.233 e. The number of methoxy groups -OCH3 is 1. The summed E-state index contributed by atoms with van der Waals surface area (Å²) in [7, 11) is 0.0397. The number of carbonyl (C=O) groups excluding carboxylic acids is 1. The molecule has 0 bridgehead atoms. The molecule has 0 aliphatic rings. The largest absolute Gasteiger partial charge is 0.495 e. The maximum Gasteiger partial charge on any atom is 0.233 e. The highest BCUT2D eigenvalue weighted by Crippen LogP contribution is 2.24. The molecule has 1 aromatic carbocycles. The Labute approximate surface area is 122 Å². The number of benzene rings is 1. The van der Waals surface area contributed by atoms with Gasteiger partial charge in [-0.3, -0.25) is 9.00 Å². The van der Waals surface area contributed by atoms with Crippen LogP contribution in [0.5, 0.6) is 5.75 Å². The Morgan fingerprint density at radius 3 is 2.60 bits per heavy atom. The van der Waals surface area contributed by atoms with Crippen LogP contribution in [-0.4, -0.2) is 29.0 Å². The molecular formula is C14H22N2O3S. The molecule has 1 rings (SSSR count). The zero-order valence-electron chi connectivity index (χ0n) is 12.1. The number of nitrogen functional groups attached to an aromatic ring is 1. The number of carbonyl (C=O) groups is 1. The third kappa shape index (κ3) is 4.52. The van der Waals surface area contributed by atoms with Gasteiger partial charge in [0, 0.05) is 17.8 Å². The van der Waals surface area contributed by atoms with E-state index in [0.29, 0.717) is 16.3 Å². The van der Waals surface area contributed by atoms with Crippen molar-refractivity contribution >= 4 is 22.4 Å². The number of nitrogens with one attached hydrogen (secondary N) is 1. The van der Waals surface area contributed by atoms with Gasteiger partial charge in [-0.15, -0.1) is 0 Å². The summed E-state index contributed by atoms with van der Waals surface area (Å²) in [5, 5.41) is 2.87. The van der Waals surface area contributed by atoms with Gasteiger partial charge in [0.1, 0.15) is 11.5 Å². The van der Waals surface area contributed by atoms with Gasteiger partial charge in [-0.1, -0.05) is 13.8 Å². The summed E-state index contributed by atoms with van der Waals surface area (Å²) in [5.41, 5.74) is 6.18.